The Bertz CT molecular complexity index is 825. The fourth-order valence-corrected chi connectivity index (χ4v) is 2.25. The minimum atomic E-state index is -0.192. The third kappa shape index (κ3) is 3.06. The van der Waals surface area contributed by atoms with Gasteiger partial charge < -0.3 is 14.6 Å². The second-order valence-electron chi connectivity index (χ2n) is 4.99. The summed E-state index contributed by atoms with van der Waals surface area (Å²) in [6, 6.07) is 14.4. The molecule has 0 aliphatic rings. The van der Waals surface area contributed by atoms with Gasteiger partial charge in [0.15, 0.2) is 5.82 Å². The number of hydrogen-bond donors (Lipinski definition) is 1. The van der Waals surface area contributed by atoms with Crippen LogP contribution >= 0.6 is 0 Å². The predicted molar refractivity (Wildman–Crippen MR) is 87.4 cm³/mol. The molecule has 23 heavy (non-hydrogen) atoms. The Hall–Kier alpha value is -3.15. The van der Waals surface area contributed by atoms with E-state index in [1.807, 2.05) is 31.3 Å². The summed E-state index contributed by atoms with van der Waals surface area (Å²) in [5.74, 6) is 1.21. The maximum Gasteiger partial charge on any atom is 0.255 e. The van der Waals surface area contributed by atoms with Crippen molar-refractivity contribution in [2.45, 2.75) is 0 Å². The largest absolute Gasteiger partial charge is 0.497 e. The molecule has 3 rings (SSSR count). The number of carbonyl (C=O) groups excluding carboxylic acids is 1. The number of carbonyl (C=O) groups is 1. The van der Waals surface area contributed by atoms with Crippen LogP contribution in [0.1, 0.15) is 10.4 Å². The van der Waals surface area contributed by atoms with Gasteiger partial charge in [0.05, 0.1) is 12.8 Å². The number of anilines is 1. The summed E-state index contributed by atoms with van der Waals surface area (Å²) >= 11 is 0. The number of nitrogens with zero attached hydrogens (tertiary/aromatic N) is 3. The zero-order valence-corrected chi connectivity index (χ0v) is 12.9. The molecule has 1 aromatic heterocycles. The number of rotatable bonds is 4. The van der Waals surface area contributed by atoms with Crippen LogP contribution in [-0.2, 0) is 7.05 Å². The van der Waals surface area contributed by atoms with Gasteiger partial charge in [-0.3, -0.25) is 4.79 Å². The van der Waals surface area contributed by atoms with Gasteiger partial charge in [-0.05, 0) is 36.4 Å². The van der Waals surface area contributed by atoms with Gasteiger partial charge in [0.1, 0.15) is 12.1 Å². The van der Waals surface area contributed by atoms with E-state index in [0.717, 1.165) is 5.56 Å². The molecule has 116 valence electrons. The smallest absolute Gasteiger partial charge is 0.255 e. The number of nitrogens with one attached hydrogen (secondary N) is 1. The van der Waals surface area contributed by atoms with E-state index in [1.54, 1.807) is 42.3 Å². The average molecular weight is 308 g/mol. The van der Waals surface area contributed by atoms with Crippen LogP contribution in [0.25, 0.3) is 11.4 Å². The van der Waals surface area contributed by atoms with Crippen LogP contribution in [0, 0.1) is 0 Å². The van der Waals surface area contributed by atoms with E-state index in [4.69, 9.17) is 4.74 Å². The Morgan fingerprint density at radius 1 is 1.13 bits per heavy atom. The number of para-hydroxylation sites is 1. The second-order valence-corrected chi connectivity index (χ2v) is 4.99. The molecule has 0 saturated heterocycles. The summed E-state index contributed by atoms with van der Waals surface area (Å²) in [6.45, 7) is 0. The molecule has 1 amide bonds. The van der Waals surface area contributed by atoms with Gasteiger partial charge in [-0.25, -0.2) is 0 Å². The first-order chi connectivity index (χ1) is 11.2. The van der Waals surface area contributed by atoms with Crippen molar-refractivity contribution in [1.82, 2.24) is 14.8 Å². The first-order valence-electron chi connectivity index (χ1n) is 7.08. The van der Waals surface area contributed by atoms with E-state index in [0.29, 0.717) is 22.8 Å². The first kappa shape index (κ1) is 14.8. The molecule has 0 fully saturated rings. The third-order valence-electron chi connectivity index (χ3n) is 3.48. The van der Waals surface area contributed by atoms with Crippen molar-refractivity contribution >= 4 is 11.6 Å². The second kappa shape index (κ2) is 6.31. The Kier molecular flexibility index (Phi) is 4.05. The summed E-state index contributed by atoms with van der Waals surface area (Å²) in [6.07, 6.45) is 1.62. The van der Waals surface area contributed by atoms with Crippen molar-refractivity contribution in [2.24, 2.45) is 7.05 Å². The molecule has 1 N–H and O–H groups in total. The maximum atomic E-state index is 12.4. The summed E-state index contributed by atoms with van der Waals surface area (Å²) < 4.78 is 6.90. The lowest BCUT2D eigenvalue weighted by atomic mass is 10.1. The van der Waals surface area contributed by atoms with Crippen molar-refractivity contribution in [1.29, 1.82) is 0 Å². The molecule has 0 bridgehead atoms. The summed E-state index contributed by atoms with van der Waals surface area (Å²) in [5, 5.41) is 10.9. The molecule has 0 aliphatic carbocycles. The van der Waals surface area contributed by atoms with Crippen molar-refractivity contribution in [3.8, 4) is 17.1 Å². The Labute approximate surface area is 133 Å². The van der Waals surface area contributed by atoms with Gasteiger partial charge in [-0.1, -0.05) is 12.1 Å². The number of aryl methyl sites for hydroxylation is 1. The van der Waals surface area contributed by atoms with E-state index >= 15 is 0 Å². The van der Waals surface area contributed by atoms with Gasteiger partial charge >= 0.3 is 0 Å². The third-order valence-corrected chi connectivity index (χ3v) is 3.48. The minimum absolute atomic E-state index is 0.192. The SMILES string of the molecule is COc1ccc(C(=O)Nc2ccccc2-c2nncn2C)cc1. The first-order valence-corrected chi connectivity index (χ1v) is 7.08. The molecule has 0 radical (unpaired) electrons. The van der Waals surface area contributed by atoms with Crippen molar-refractivity contribution in [3.63, 3.8) is 0 Å². The van der Waals surface area contributed by atoms with Crippen LogP contribution in [-0.4, -0.2) is 27.8 Å². The van der Waals surface area contributed by atoms with Gasteiger partial charge in [0, 0.05) is 18.2 Å². The van der Waals surface area contributed by atoms with Crippen LogP contribution in [0.4, 0.5) is 5.69 Å². The lowest BCUT2D eigenvalue weighted by molar-refractivity contribution is 0.102. The van der Waals surface area contributed by atoms with Gasteiger partial charge in [-0.2, -0.15) is 0 Å². The van der Waals surface area contributed by atoms with Crippen LogP contribution in [0.15, 0.2) is 54.9 Å². The van der Waals surface area contributed by atoms with Crippen LogP contribution in [0.2, 0.25) is 0 Å². The van der Waals surface area contributed by atoms with E-state index in [1.165, 1.54) is 0 Å². The summed E-state index contributed by atoms with van der Waals surface area (Å²) in [5.41, 5.74) is 2.05. The van der Waals surface area contributed by atoms with Crippen molar-refractivity contribution < 1.29 is 9.53 Å². The Morgan fingerprint density at radius 3 is 2.52 bits per heavy atom. The Morgan fingerprint density at radius 2 is 1.87 bits per heavy atom. The number of ether oxygens (including phenoxy) is 1. The molecule has 3 aromatic rings. The maximum absolute atomic E-state index is 12.4. The molecule has 0 aliphatic heterocycles. The van der Waals surface area contributed by atoms with Gasteiger partial charge in [-0.15, -0.1) is 10.2 Å². The molecule has 0 unspecified atom stereocenters. The summed E-state index contributed by atoms with van der Waals surface area (Å²) in [7, 11) is 3.45. The zero-order chi connectivity index (χ0) is 16.2. The fraction of sp³-hybridized carbons (Fsp3) is 0.118. The van der Waals surface area contributed by atoms with Crippen LogP contribution < -0.4 is 10.1 Å². The molecule has 1 heterocycles. The van der Waals surface area contributed by atoms with Crippen molar-refractivity contribution in [3.05, 3.63) is 60.4 Å². The highest BCUT2D eigenvalue weighted by Gasteiger charge is 2.13. The van der Waals surface area contributed by atoms with Crippen molar-refractivity contribution in [2.75, 3.05) is 12.4 Å². The van der Waals surface area contributed by atoms with Crippen LogP contribution in [0.5, 0.6) is 5.75 Å². The molecule has 0 saturated carbocycles. The molecule has 0 spiro atoms. The van der Waals surface area contributed by atoms with Crippen LogP contribution in [0.3, 0.4) is 0 Å². The highest BCUT2D eigenvalue weighted by Crippen LogP contribution is 2.26. The molecular weight excluding hydrogens is 292 g/mol. The van der Waals surface area contributed by atoms with Gasteiger partial charge in [0.25, 0.3) is 5.91 Å². The van der Waals surface area contributed by atoms with E-state index in [9.17, 15) is 4.79 Å². The lowest BCUT2D eigenvalue weighted by Gasteiger charge is -2.10. The highest BCUT2D eigenvalue weighted by molar-refractivity contribution is 6.06. The lowest BCUT2D eigenvalue weighted by Crippen LogP contribution is -2.13. The molecule has 0 atom stereocenters. The van der Waals surface area contributed by atoms with Gasteiger partial charge in [0.2, 0.25) is 0 Å². The van der Waals surface area contributed by atoms with E-state index in [2.05, 4.69) is 15.5 Å². The van der Waals surface area contributed by atoms with E-state index < -0.39 is 0 Å². The monoisotopic (exact) mass is 308 g/mol. The zero-order valence-electron chi connectivity index (χ0n) is 12.9. The Balaban J connectivity index is 1.88. The predicted octanol–water partition coefficient (Wildman–Crippen LogP) is 2.74. The topological polar surface area (TPSA) is 69.0 Å². The number of benzene rings is 2. The number of methoxy groups -OCH3 is 1. The normalized spacial score (nSPS) is 10.3. The standard InChI is InChI=1S/C17H16N4O2/c1-21-11-18-20-16(21)14-5-3-4-6-15(14)19-17(22)12-7-9-13(23-2)10-8-12/h3-11H,1-2H3,(H,19,22). The quantitative estimate of drug-likeness (QED) is 0.804. The fourth-order valence-electron chi connectivity index (χ4n) is 2.25. The number of amides is 1. The molecule has 2 aromatic carbocycles. The highest BCUT2D eigenvalue weighted by atomic mass is 16.5. The summed E-state index contributed by atoms with van der Waals surface area (Å²) in [4.78, 5) is 12.4. The molecule has 6 heteroatoms. The average Bonchev–Trinajstić information content (AvgIpc) is 3.01. The number of hydrogen-bond acceptors (Lipinski definition) is 4. The molecular formula is C17H16N4O2. The molecule has 6 nitrogen and oxygen atoms in total. The minimum Gasteiger partial charge on any atom is -0.497 e. The number of aromatic nitrogens is 3. The van der Waals surface area contributed by atoms with E-state index in [-0.39, 0.29) is 5.91 Å².